The van der Waals surface area contributed by atoms with Crippen molar-refractivity contribution in [1.82, 2.24) is 0 Å². The number of ether oxygens (including phenoxy) is 2. The van der Waals surface area contributed by atoms with E-state index in [1.807, 2.05) is 42.5 Å². The number of carbonyl (C=O) groups excluding carboxylic acids is 1. The van der Waals surface area contributed by atoms with Gasteiger partial charge in [0.25, 0.3) is 0 Å². The first kappa shape index (κ1) is 22.2. The molecule has 5 aromatic rings. The van der Waals surface area contributed by atoms with Gasteiger partial charge < -0.3 is 19.6 Å². The summed E-state index contributed by atoms with van der Waals surface area (Å²) in [5.74, 6) is 0.425. The van der Waals surface area contributed by atoms with Gasteiger partial charge in [0.1, 0.15) is 12.4 Å². The molecule has 0 saturated carbocycles. The van der Waals surface area contributed by atoms with E-state index in [0.29, 0.717) is 25.5 Å². The van der Waals surface area contributed by atoms with E-state index in [2.05, 4.69) is 23.6 Å². The molecule has 0 bridgehead atoms. The smallest absolute Gasteiger partial charge is 0.310 e. The van der Waals surface area contributed by atoms with Crippen LogP contribution in [0.4, 0.5) is 0 Å². The van der Waals surface area contributed by atoms with Gasteiger partial charge in [-0.05, 0) is 53.3 Å². The van der Waals surface area contributed by atoms with Crippen LogP contribution < -0.4 is 10.5 Å². The molecule has 2 N–H and O–H groups in total. The van der Waals surface area contributed by atoms with Gasteiger partial charge in [0.15, 0.2) is 5.58 Å². The van der Waals surface area contributed by atoms with E-state index in [0.717, 1.165) is 48.9 Å². The second-order valence-electron chi connectivity index (χ2n) is 8.01. The van der Waals surface area contributed by atoms with Crippen LogP contribution in [0.25, 0.3) is 32.2 Å². The number of rotatable bonds is 8. The molecule has 0 saturated heterocycles. The molecule has 0 spiro atoms. The lowest BCUT2D eigenvalue weighted by Crippen LogP contribution is -2.09. The molecule has 5 rings (SSSR count). The number of hydrogen-bond acceptors (Lipinski definition) is 6. The van der Waals surface area contributed by atoms with Crippen LogP contribution >= 0.6 is 11.3 Å². The highest BCUT2D eigenvalue weighted by atomic mass is 32.1. The maximum Gasteiger partial charge on any atom is 0.310 e. The van der Waals surface area contributed by atoms with Crippen LogP contribution in [0, 0.1) is 0 Å². The summed E-state index contributed by atoms with van der Waals surface area (Å²) in [5.41, 5.74) is 11.9. The maximum absolute atomic E-state index is 12.0. The van der Waals surface area contributed by atoms with Crippen LogP contribution in [0.3, 0.4) is 0 Å². The molecule has 0 atom stereocenters. The van der Waals surface area contributed by atoms with Gasteiger partial charge in [-0.1, -0.05) is 36.4 Å². The molecule has 0 radical (unpaired) electrons. The summed E-state index contributed by atoms with van der Waals surface area (Å²) in [6.07, 6.45) is 1.92. The molecule has 0 unspecified atom stereocenters. The molecule has 34 heavy (non-hydrogen) atoms. The van der Waals surface area contributed by atoms with Crippen molar-refractivity contribution in [3.8, 4) is 16.9 Å². The Morgan fingerprint density at radius 2 is 1.91 bits per heavy atom. The SMILES string of the molecule is CCOC(=O)Cc1ccccc1OCc1csc2c1cc(-c1cccc(CN)c1)c1ccoc12. The quantitative estimate of drug-likeness (QED) is 0.263. The van der Waals surface area contributed by atoms with Crippen LogP contribution in [-0.4, -0.2) is 12.6 Å². The second kappa shape index (κ2) is 9.71. The molecular formula is C28H25NO4S. The third kappa shape index (κ3) is 4.30. The molecule has 2 aromatic heterocycles. The lowest BCUT2D eigenvalue weighted by Gasteiger charge is -2.11. The molecule has 3 aromatic carbocycles. The summed E-state index contributed by atoms with van der Waals surface area (Å²) in [6, 6.07) is 20.1. The molecule has 0 fully saturated rings. The summed E-state index contributed by atoms with van der Waals surface area (Å²) in [4.78, 5) is 12.0. The predicted octanol–water partition coefficient (Wildman–Crippen LogP) is 6.46. The van der Waals surface area contributed by atoms with Crippen LogP contribution in [-0.2, 0) is 29.1 Å². The van der Waals surface area contributed by atoms with Gasteiger partial charge in [-0.2, -0.15) is 0 Å². The Bertz CT molecular complexity index is 1470. The second-order valence-corrected chi connectivity index (χ2v) is 8.89. The van der Waals surface area contributed by atoms with Gasteiger partial charge in [-0.3, -0.25) is 4.79 Å². The fourth-order valence-electron chi connectivity index (χ4n) is 4.19. The van der Waals surface area contributed by atoms with Gasteiger partial charge in [0.2, 0.25) is 0 Å². The number of para-hydroxylation sites is 1. The van der Waals surface area contributed by atoms with Crippen molar-refractivity contribution in [1.29, 1.82) is 0 Å². The number of thiophene rings is 1. The van der Waals surface area contributed by atoms with Crippen molar-refractivity contribution in [2.75, 3.05) is 6.61 Å². The van der Waals surface area contributed by atoms with Crippen molar-refractivity contribution in [2.24, 2.45) is 5.73 Å². The minimum absolute atomic E-state index is 0.184. The third-order valence-corrected chi connectivity index (χ3v) is 6.87. The minimum Gasteiger partial charge on any atom is -0.489 e. The van der Waals surface area contributed by atoms with Crippen LogP contribution in [0.2, 0.25) is 0 Å². The summed E-state index contributed by atoms with van der Waals surface area (Å²) in [6.45, 7) is 3.04. The Morgan fingerprint density at radius 1 is 1.03 bits per heavy atom. The number of carbonyl (C=O) groups is 1. The van der Waals surface area contributed by atoms with Crippen molar-refractivity contribution >= 4 is 38.4 Å². The molecule has 2 heterocycles. The van der Waals surface area contributed by atoms with Crippen LogP contribution in [0.1, 0.15) is 23.6 Å². The highest BCUT2D eigenvalue weighted by molar-refractivity contribution is 7.18. The van der Waals surface area contributed by atoms with Gasteiger partial charge in [-0.25, -0.2) is 0 Å². The van der Waals surface area contributed by atoms with Crippen molar-refractivity contribution in [3.05, 3.63) is 89.0 Å². The number of furan rings is 1. The summed E-state index contributed by atoms with van der Waals surface area (Å²) in [7, 11) is 0. The molecule has 0 aliphatic rings. The number of benzene rings is 3. The van der Waals surface area contributed by atoms with Gasteiger partial charge >= 0.3 is 5.97 Å². The Labute approximate surface area is 201 Å². The first-order chi connectivity index (χ1) is 16.7. The zero-order valence-electron chi connectivity index (χ0n) is 18.9. The summed E-state index contributed by atoms with van der Waals surface area (Å²) >= 11 is 1.65. The van der Waals surface area contributed by atoms with E-state index in [-0.39, 0.29) is 12.4 Å². The molecule has 0 aliphatic heterocycles. The molecule has 0 amide bonds. The maximum atomic E-state index is 12.0. The fourth-order valence-corrected chi connectivity index (χ4v) is 5.22. The van der Waals surface area contributed by atoms with Gasteiger partial charge in [-0.15, -0.1) is 11.3 Å². The topological polar surface area (TPSA) is 74.7 Å². The van der Waals surface area contributed by atoms with Crippen LogP contribution in [0.15, 0.2) is 76.7 Å². The highest BCUT2D eigenvalue weighted by Crippen LogP contribution is 2.40. The number of fused-ring (bicyclic) bond motifs is 3. The van der Waals surface area contributed by atoms with E-state index in [1.165, 1.54) is 0 Å². The highest BCUT2D eigenvalue weighted by Gasteiger charge is 2.16. The minimum atomic E-state index is -0.260. The molecule has 172 valence electrons. The Hall–Kier alpha value is -3.61. The lowest BCUT2D eigenvalue weighted by atomic mass is 9.97. The number of hydrogen-bond donors (Lipinski definition) is 1. The van der Waals surface area contributed by atoms with Crippen molar-refractivity contribution in [3.63, 3.8) is 0 Å². The van der Waals surface area contributed by atoms with Crippen molar-refractivity contribution in [2.45, 2.75) is 26.5 Å². The van der Waals surface area contributed by atoms with E-state index in [1.54, 1.807) is 24.5 Å². The molecular weight excluding hydrogens is 446 g/mol. The Morgan fingerprint density at radius 3 is 2.76 bits per heavy atom. The first-order valence-electron chi connectivity index (χ1n) is 11.2. The standard InChI is InChI=1S/C28H25NO4S/c1-2-31-26(30)13-20-7-3-4-9-25(20)33-16-21-17-34-28-24(21)14-23(22-10-11-32-27(22)28)19-8-5-6-18(12-19)15-29/h3-12,14,17H,2,13,15-16,29H2,1H3. The number of esters is 1. The third-order valence-electron chi connectivity index (χ3n) is 5.83. The largest absolute Gasteiger partial charge is 0.489 e. The summed E-state index contributed by atoms with van der Waals surface area (Å²) in [5, 5.41) is 4.29. The van der Waals surface area contributed by atoms with E-state index in [4.69, 9.17) is 19.6 Å². The lowest BCUT2D eigenvalue weighted by molar-refractivity contribution is -0.142. The Balaban J connectivity index is 1.50. The molecule has 5 nitrogen and oxygen atoms in total. The number of nitrogens with two attached hydrogens (primary N) is 1. The molecule has 6 heteroatoms. The van der Waals surface area contributed by atoms with Gasteiger partial charge in [0, 0.05) is 28.4 Å². The average Bonchev–Trinajstić information content (AvgIpc) is 3.50. The predicted molar refractivity (Wildman–Crippen MR) is 136 cm³/mol. The normalized spacial score (nSPS) is 11.2. The fraction of sp³-hybridized carbons (Fsp3) is 0.179. The monoisotopic (exact) mass is 471 g/mol. The van der Waals surface area contributed by atoms with E-state index < -0.39 is 0 Å². The van der Waals surface area contributed by atoms with E-state index in [9.17, 15) is 4.79 Å². The average molecular weight is 472 g/mol. The van der Waals surface area contributed by atoms with Crippen LogP contribution in [0.5, 0.6) is 5.75 Å². The van der Waals surface area contributed by atoms with E-state index >= 15 is 0 Å². The Kier molecular flexibility index (Phi) is 6.34. The summed E-state index contributed by atoms with van der Waals surface area (Å²) < 4.78 is 18.3. The van der Waals surface area contributed by atoms with Crippen molar-refractivity contribution < 1.29 is 18.7 Å². The molecule has 0 aliphatic carbocycles. The zero-order valence-corrected chi connectivity index (χ0v) is 19.7. The first-order valence-corrected chi connectivity index (χ1v) is 12.1. The zero-order chi connectivity index (χ0) is 23.5. The van der Waals surface area contributed by atoms with Gasteiger partial charge in [0.05, 0.1) is 24.0 Å².